The standard InChI is InChI=1S/C25H20F3NO4S/c1-16-11-13-20(17-7-3-2-4-8-17)24(23(16)25(26,27)28)34(32,33)29-15-18(12-14-22(30)31)19-9-5-6-10-21(19)29/h2-11,13,15H,12,14H2,1H3,(H,30,31). The number of fused-ring (bicyclic) bond motifs is 1. The van der Waals surface area contributed by atoms with Crippen molar-refractivity contribution in [3.63, 3.8) is 0 Å². The fourth-order valence-electron chi connectivity index (χ4n) is 4.10. The third-order valence-electron chi connectivity index (χ3n) is 5.62. The SMILES string of the molecule is Cc1ccc(-c2ccccc2)c(S(=O)(=O)n2cc(CCC(=O)O)c3ccccc32)c1C(F)(F)F. The second kappa shape index (κ2) is 8.64. The number of carbonyl (C=O) groups is 1. The van der Waals surface area contributed by atoms with E-state index in [9.17, 15) is 26.4 Å². The van der Waals surface area contributed by atoms with Crippen LogP contribution in [0, 0.1) is 6.92 Å². The summed E-state index contributed by atoms with van der Waals surface area (Å²) in [6, 6.07) is 17.0. The maximum atomic E-state index is 14.2. The Morgan fingerprint density at radius 3 is 2.26 bits per heavy atom. The number of rotatable bonds is 6. The summed E-state index contributed by atoms with van der Waals surface area (Å²) in [5.41, 5.74) is -0.579. The van der Waals surface area contributed by atoms with Crippen LogP contribution in [0.4, 0.5) is 13.2 Å². The van der Waals surface area contributed by atoms with Gasteiger partial charge in [0.05, 0.1) is 11.1 Å². The summed E-state index contributed by atoms with van der Waals surface area (Å²) < 4.78 is 71.5. The molecule has 5 nitrogen and oxygen atoms in total. The van der Waals surface area contributed by atoms with Gasteiger partial charge in [-0.1, -0.05) is 60.7 Å². The summed E-state index contributed by atoms with van der Waals surface area (Å²) in [5, 5.41) is 9.53. The fraction of sp³-hybridized carbons (Fsp3) is 0.160. The third kappa shape index (κ3) is 4.19. The monoisotopic (exact) mass is 487 g/mol. The number of alkyl halides is 3. The summed E-state index contributed by atoms with van der Waals surface area (Å²) in [4.78, 5) is 10.2. The van der Waals surface area contributed by atoms with Crippen LogP contribution >= 0.6 is 0 Å². The Balaban J connectivity index is 2.06. The molecular formula is C25H20F3NO4S. The predicted octanol–water partition coefficient (Wildman–Crippen LogP) is 5.89. The molecule has 0 atom stereocenters. The predicted molar refractivity (Wildman–Crippen MR) is 122 cm³/mol. The molecule has 1 N–H and O–H groups in total. The van der Waals surface area contributed by atoms with Gasteiger partial charge in [0.2, 0.25) is 0 Å². The van der Waals surface area contributed by atoms with E-state index in [1.54, 1.807) is 48.5 Å². The van der Waals surface area contributed by atoms with Gasteiger partial charge in [-0.05, 0) is 36.1 Å². The van der Waals surface area contributed by atoms with Crippen molar-refractivity contribution in [3.8, 4) is 11.1 Å². The van der Waals surface area contributed by atoms with E-state index in [0.29, 0.717) is 16.5 Å². The van der Waals surface area contributed by atoms with E-state index >= 15 is 0 Å². The van der Waals surface area contributed by atoms with E-state index in [-0.39, 0.29) is 29.5 Å². The van der Waals surface area contributed by atoms with Gasteiger partial charge in [-0.3, -0.25) is 4.79 Å². The van der Waals surface area contributed by atoms with E-state index < -0.39 is 32.6 Å². The first-order valence-corrected chi connectivity index (χ1v) is 11.8. The topological polar surface area (TPSA) is 76.4 Å². The van der Waals surface area contributed by atoms with Gasteiger partial charge in [-0.15, -0.1) is 0 Å². The second-order valence-corrected chi connectivity index (χ2v) is 9.62. The van der Waals surface area contributed by atoms with Crippen LogP contribution in [0.2, 0.25) is 0 Å². The summed E-state index contributed by atoms with van der Waals surface area (Å²) in [6.45, 7) is 1.22. The van der Waals surface area contributed by atoms with E-state index in [0.717, 1.165) is 3.97 Å². The first-order chi connectivity index (χ1) is 16.0. The minimum Gasteiger partial charge on any atom is -0.481 e. The quantitative estimate of drug-likeness (QED) is 0.368. The number of nitrogens with zero attached hydrogens (tertiary/aromatic N) is 1. The van der Waals surface area contributed by atoms with Crippen molar-refractivity contribution in [2.24, 2.45) is 0 Å². The van der Waals surface area contributed by atoms with Crippen molar-refractivity contribution in [3.05, 3.63) is 89.6 Å². The highest BCUT2D eigenvalue weighted by Gasteiger charge is 2.41. The number of hydrogen-bond acceptors (Lipinski definition) is 3. The number of halogens is 3. The molecule has 3 aromatic carbocycles. The molecule has 0 bridgehead atoms. The molecule has 9 heteroatoms. The lowest BCUT2D eigenvalue weighted by molar-refractivity contribution is -0.140. The van der Waals surface area contributed by atoms with Crippen molar-refractivity contribution in [1.82, 2.24) is 3.97 Å². The van der Waals surface area contributed by atoms with Crippen LogP contribution in [0.1, 0.15) is 23.1 Å². The molecule has 0 amide bonds. The molecule has 0 unspecified atom stereocenters. The highest BCUT2D eigenvalue weighted by molar-refractivity contribution is 7.90. The summed E-state index contributed by atoms with van der Waals surface area (Å²) in [7, 11) is -4.75. The van der Waals surface area contributed by atoms with Crippen molar-refractivity contribution in [1.29, 1.82) is 0 Å². The zero-order chi connectivity index (χ0) is 24.7. The number of benzene rings is 3. The van der Waals surface area contributed by atoms with Gasteiger partial charge in [-0.25, -0.2) is 12.4 Å². The first kappa shape index (κ1) is 23.6. The summed E-state index contributed by atoms with van der Waals surface area (Å²) in [5.74, 6) is -1.07. The van der Waals surface area contributed by atoms with Crippen molar-refractivity contribution < 1.29 is 31.5 Å². The van der Waals surface area contributed by atoms with Crippen LogP contribution in [0.5, 0.6) is 0 Å². The molecule has 0 radical (unpaired) electrons. The Bertz CT molecular complexity index is 1490. The smallest absolute Gasteiger partial charge is 0.418 e. The molecule has 0 fully saturated rings. The average molecular weight is 487 g/mol. The molecular weight excluding hydrogens is 467 g/mol. The minimum absolute atomic E-state index is 0.0316. The molecule has 34 heavy (non-hydrogen) atoms. The van der Waals surface area contributed by atoms with Gasteiger partial charge >= 0.3 is 12.1 Å². The molecule has 176 valence electrons. The molecule has 4 aromatic rings. The Hall–Kier alpha value is -3.59. The molecule has 0 aliphatic carbocycles. The van der Waals surface area contributed by atoms with Crippen molar-refractivity contribution in [2.75, 3.05) is 0 Å². The third-order valence-corrected chi connectivity index (χ3v) is 7.38. The Labute approximate surface area is 194 Å². The van der Waals surface area contributed by atoms with Crippen LogP contribution in [0.25, 0.3) is 22.0 Å². The number of aryl methyl sites for hydroxylation is 2. The van der Waals surface area contributed by atoms with E-state index in [1.165, 1.54) is 31.3 Å². The van der Waals surface area contributed by atoms with Crippen LogP contribution < -0.4 is 0 Å². The van der Waals surface area contributed by atoms with Crippen LogP contribution in [-0.4, -0.2) is 23.5 Å². The molecule has 0 aliphatic rings. The highest BCUT2D eigenvalue weighted by atomic mass is 32.2. The first-order valence-electron chi connectivity index (χ1n) is 10.3. The maximum Gasteiger partial charge on any atom is 0.418 e. The molecule has 0 saturated carbocycles. The van der Waals surface area contributed by atoms with Crippen LogP contribution in [0.15, 0.2) is 77.8 Å². The van der Waals surface area contributed by atoms with Gasteiger partial charge in [0.15, 0.2) is 0 Å². The van der Waals surface area contributed by atoms with Gasteiger partial charge in [0.1, 0.15) is 4.90 Å². The Morgan fingerprint density at radius 1 is 0.971 bits per heavy atom. The Kier molecular flexibility index (Phi) is 5.99. The van der Waals surface area contributed by atoms with Gasteiger partial charge < -0.3 is 5.11 Å². The number of carboxylic acids is 1. The Morgan fingerprint density at radius 2 is 1.62 bits per heavy atom. The van der Waals surface area contributed by atoms with E-state index in [2.05, 4.69) is 0 Å². The summed E-state index contributed by atoms with van der Waals surface area (Å²) >= 11 is 0. The number of carboxylic acid groups (broad SMARTS) is 1. The molecule has 0 aliphatic heterocycles. The van der Waals surface area contributed by atoms with Crippen LogP contribution in [0.3, 0.4) is 0 Å². The largest absolute Gasteiger partial charge is 0.481 e. The minimum atomic E-state index is -4.92. The number of aromatic nitrogens is 1. The van der Waals surface area contributed by atoms with Gasteiger partial charge in [0.25, 0.3) is 10.0 Å². The number of para-hydroxylation sites is 1. The van der Waals surface area contributed by atoms with E-state index in [4.69, 9.17) is 5.11 Å². The molecule has 0 saturated heterocycles. The molecule has 0 spiro atoms. The lowest BCUT2D eigenvalue weighted by atomic mass is 9.99. The molecule has 1 aromatic heterocycles. The van der Waals surface area contributed by atoms with Crippen molar-refractivity contribution in [2.45, 2.75) is 30.8 Å². The second-order valence-electron chi connectivity index (χ2n) is 7.86. The number of aliphatic carboxylic acids is 1. The van der Waals surface area contributed by atoms with Gasteiger partial charge in [0, 0.05) is 23.6 Å². The zero-order valence-electron chi connectivity index (χ0n) is 18.0. The normalized spacial score (nSPS) is 12.2. The summed E-state index contributed by atoms with van der Waals surface area (Å²) in [6.07, 6.45) is -3.92. The van der Waals surface area contributed by atoms with Crippen LogP contribution in [-0.2, 0) is 27.4 Å². The molecule has 1 heterocycles. The highest BCUT2D eigenvalue weighted by Crippen LogP contribution is 2.43. The molecule has 4 rings (SSSR count). The van der Waals surface area contributed by atoms with E-state index in [1.807, 2.05) is 0 Å². The zero-order valence-corrected chi connectivity index (χ0v) is 18.8. The van der Waals surface area contributed by atoms with Crippen molar-refractivity contribution >= 4 is 26.9 Å². The lowest BCUT2D eigenvalue weighted by Crippen LogP contribution is -2.21. The lowest BCUT2D eigenvalue weighted by Gasteiger charge is -2.20. The van der Waals surface area contributed by atoms with Gasteiger partial charge in [-0.2, -0.15) is 13.2 Å². The average Bonchev–Trinajstić information content (AvgIpc) is 3.17. The number of hydrogen-bond donors (Lipinski definition) is 1. The fourth-order valence-corrected chi connectivity index (χ4v) is 5.98. The maximum absolute atomic E-state index is 14.2.